The molecule has 0 fully saturated rings. The number of halogens is 1. The van der Waals surface area contributed by atoms with Gasteiger partial charge in [-0.25, -0.2) is 0 Å². The monoisotopic (exact) mass is 277 g/mol. The molecule has 0 radical (unpaired) electrons. The van der Waals surface area contributed by atoms with Gasteiger partial charge in [-0.3, -0.25) is 4.98 Å². The molecule has 0 aliphatic carbocycles. The van der Waals surface area contributed by atoms with Gasteiger partial charge in [-0.1, -0.05) is 39.7 Å². The molecule has 0 aliphatic rings. The molecule has 1 aromatic heterocycles. The van der Waals surface area contributed by atoms with Gasteiger partial charge in [0.25, 0.3) is 0 Å². The average Bonchev–Trinajstić information content (AvgIpc) is 2.32. The second kappa shape index (κ2) is 4.76. The van der Waals surface area contributed by atoms with E-state index in [0.29, 0.717) is 0 Å². The molecule has 1 N–H and O–H groups in total. The van der Waals surface area contributed by atoms with E-state index in [4.69, 9.17) is 0 Å². The van der Waals surface area contributed by atoms with Gasteiger partial charge >= 0.3 is 0 Å². The lowest BCUT2D eigenvalue weighted by Crippen LogP contribution is -2.01. The number of aliphatic hydroxyl groups excluding tert-OH is 1. The van der Waals surface area contributed by atoms with Crippen molar-refractivity contribution >= 4 is 15.9 Å². The first kappa shape index (κ1) is 11.3. The Labute approximate surface area is 103 Å². The molecule has 16 heavy (non-hydrogen) atoms. The maximum atomic E-state index is 10.2. The average molecular weight is 278 g/mol. The fourth-order valence-electron chi connectivity index (χ4n) is 1.59. The number of rotatable bonds is 2. The Morgan fingerprint density at radius 2 is 2.12 bits per heavy atom. The van der Waals surface area contributed by atoms with Crippen LogP contribution in [-0.2, 0) is 0 Å². The van der Waals surface area contributed by atoms with Gasteiger partial charge in [0.15, 0.2) is 0 Å². The summed E-state index contributed by atoms with van der Waals surface area (Å²) in [5.74, 6) is 0. The third kappa shape index (κ3) is 2.31. The smallest absolute Gasteiger partial charge is 0.107 e. The summed E-state index contributed by atoms with van der Waals surface area (Å²) < 4.78 is 0.912. The van der Waals surface area contributed by atoms with Crippen molar-refractivity contribution in [2.45, 2.75) is 13.0 Å². The molecule has 1 heterocycles. The lowest BCUT2D eigenvalue weighted by Gasteiger charge is -2.13. The molecule has 1 aromatic carbocycles. The molecule has 0 spiro atoms. The number of pyridine rings is 1. The number of hydrogen-bond donors (Lipinski definition) is 1. The van der Waals surface area contributed by atoms with E-state index >= 15 is 0 Å². The zero-order chi connectivity index (χ0) is 11.5. The number of nitrogens with zero attached hydrogens (tertiary/aromatic N) is 1. The predicted octanol–water partition coefficient (Wildman–Crippen LogP) is 3.23. The first-order valence-corrected chi connectivity index (χ1v) is 5.82. The minimum Gasteiger partial charge on any atom is -0.384 e. The second-order valence-corrected chi connectivity index (χ2v) is 4.57. The molecule has 2 rings (SSSR count). The topological polar surface area (TPSA) is 33.1 Å². The van der Waals surface area contributed by atoms with E-state index in [1.54, 1.807) is 12.4 Å². The lowest BCUT2D eigenvalue weighted by molar-refractivity contribution is 0.219. The first-order valence-electron chi connectivity index (χ1n) is 5.02. The third-order valence-corrected chi connectivity index (χ3v) is 3.17. The van der Waals surface area contributed by atoms with E-state index in [0.717, 1.165) is 21.2 Å². The molecule has 1 unspecified atom stereocenters. The Balaban J connectivity index is 2.41. The van der Waals surface area contributed by atoms with Crippen molar-refractivity contribution in [1.29, 1.82) is 0 Å². The molecule has 0 saturated carbocycles. The summed E-state index contributed by atoms with van der Waals surface area (Å²) in [6, 6.07) is 9.62. The fourth-order valence-corrected chi connectivity index (χ4v) is 2.05. The molecule has 82 valence electrons. The number of aryl methyl sites for hydroxylation is 1. The second-order valence-electron chi connectivity index (χ2n) is 3.71. The highest BCUT2D eigenvalue weighted by atomic mass is 79.9. The van der Waals surface area contributed by atoms with Crippen LogP contribution in [0.2, 0.25) is 0 Å². The molecular formula is C13H12BrNO. The van der Waals surface area contributed by atoms with Crippen molar-refractivity contribution in [3.05, 3.63) is 63.9 Å². The highest BCUT2D eigenvalue weighted by molar-refractivity contribution is 9.10. The number of hydrogen-bond acceptors (Lipinski definition) is 2. The fraction of sp³-hybridized carbons (Fsp3) is 0.154. The third-order valence-electron chi connectivity index (χ3n) is 2.45. The number of aliphatic hydroxyl groups is 1. The van der Waals surface area contributed by atoms with Crippen LogP contribution in [0.1, 0.15) is 22.8 Å². The van der Waals surface area contributed by atoms with Gasteiger partial charge in [0.05, 0.1) is 0 Å². The van der Waals surface area contributed by atoms with E-state index < -0.39 is 6.10 Å². The van der Waals surface area contributed by atoms with Crippen LogP contribution in [0.5, 0.6) is 0 Å². The van der Waals surface area contributed by atoms with Crippen molar-refractivity contribution in [3.63, 3.8) is 0 Å². The maximum absolute atomic E-state index is 10.2. The zero-order valence-electron chi connectivity index (χ0n) is 8.89. The van der Waals surface area contributed by atoms with Crippen molar-refractivity contribution in [2.24, 2.45) is 0 Å². The Kier molecular flexibility index (Phi) is 3.36. The van der Waals surface area contributed by atoms with E-state index in [9.17, 15) is 5.11 Å². The largest absolute Gasteiger partial charge is 0.384 e. The molecule has 2 nitrogen and oxygen atoms in total. The SMILES string of the molecule is Cc1ccc(Br)c(C(O)c2cccnc2)c1. The summed E-state index contributed by atoms with van der Waals surface area (Å²) in [5.41, 5.74) is 2.79. The quantitative estimate of drug-likeness (QED) is 0.914. The van der Waals surface area contributed by atoms with Gasteiger partial charge in [0, 0.05) is 22.4 Å². The minimum absolute atomic E-state index is 0.636. The normalized spacial score (nSPS) is 12.4. The highest BCUT2D eigenvalue weighted by Gasteiger charge is 2.13. The van der Waals surface area contributed by atoms with Crippen LogP contribution in [-0.4, -0.2) is 10.1 Å². The number of aromatic nitrogens is 1. The van der Waals surface area contributed by atoms with Crippen LogP contribution in [0.4, 0.5) is 0 Å². The van der Waals surface area contributed by atoms with Gasteiger partial charge in [0.1, 0.15) is 6.10 Å². The van der Waals surface area contributed by atoms with Gasteiger partial charge < -0.3 is 5.11 Å². The summed E-state index contributed by atoms with van der Waals surface area (Å²) in [6.45, 7) is 2.01. The summed E-state index contributed by atoms with van der Waals surface area (Å²) in [7, 11) is 0. The van der Waals surface area contributed by atoms with Crippen molar-refractivity contribution in [1.82, 2.24) is 4.98 Å². The Morgan fingerprint density at radius 3 is 2.81 bits per heavy atom. The minimum atomic E-state index is -0.636. The van der Waals surface area contributed by atoms with Gasteiger partial charge in [-0.05, 0) is 24.6 Å². The molecular weight excluding hydrogens is 266 g/mol. The van der Waals surface area contributed by atoms with Crippen molar-refractivity contribution < 1.29 is 5.11 Å². The molecule has 0 amide bonds. The van der Waals surface area contributed by atoms with Crippen molar-refractivity contribution in [3.8, 4) is 0 Å². The van der Waals surface area contributed by atoms with Crippen LogP contribution in [0.3, 0.4) is 0 Å². The van der Waals surface area contributed by atoms with E-state index in [1.165, 1.54) is 0 Å². The van der Waals surface area contributed by atoms with Gasteiger partial charge in [-0.15, -0.1) is 0 Å². The van der Waals surface area contributed by atoms with Crippen LogP contribution in [0.15, 0.2) is 47.2 Å². The Bertz CT molecular complexity index is 485. The van der Waals surface area contributed by atoms with Crippen LogP contribution in [0, 0.1) is 6.92 Å². The molecule has 0 bridgehead atoms. The van der Waals surface area contributed by atoms with Gasteiger partial charge in [0.2, 0.25) is 0 Å². The summed E-state index contributed by atoms with van der Waals surface area (Å²) in [6.07, 6.45) is 2.74. The molecule has 0 saturated heterocycles. The maximum Gasteiger partial charge on any atom is 0.107 e. The van der Waals surface area contributed by atoms with Crippen molar-refractivity contribution in [2.75, 3.05) is 0 Å². The Hall–Kier alpha value is -1.19. The molecule has 2 aromatic rings. The summed E-state index contributed by atoms with van der Waals surface area (Å²) >= 11 is 3.45. The molecule has 3 heteroatoms. The number of benzene rings is 1. The first-order chi connectivity index (χ1) is 7.68. The van der Waals surface area contributed by atoms with Crippen LogP contribution >= 0.6 is 15.9 Å². The van der Waals surface area contributed by atoms with Crippen LogP contribution in [0.25, 0.3) is 0 Å². The van der Waals surface area contributed by atoms with E-state index in [-0.39, 0.29) is 0 Å². The zero-order valence-corrected chi connectivity index (χ0v) is 10.5. The highest BCUT2D eigenvalue weighted by Crippen LogP contribution is 2.28. The van der Waals surface area contributed by atoms with Crippen LogP contribution < -0.4 is 0 Å². The molecule has 0 aliphatic heterocycles. The van der Waals surface area contributed by atoms with E-state index in [1.807, 2.05) is 37.3 Å². The van der Waals surface area contributed by atoms with Gasteiger partial charge in [-0.2, -0.15) is 0 Å². The Morgan fingerprint density at radius 1 is 1.31 bits per heavy atom. The predicted molar refractivity (Wildman–Crippen MR) is 67.2 cm³/mol. The lowest BCUT2D eigenvalue weighted by atomic mass is 10.0. The summed E-state index contributed by atoms with van der Waals surface area (Å²) in [5, 5.41) is 10.2. The van der Waals surface area contributed by atoms with E-state index in [2.05, 4.69) is 20.9 Å². The standard InChI is InChI=1S/C13H12BrNO/c1-9-4-5-12(14)11(7-9)13(16)10-3-2-6-15-8-10/h2-8,13,16H,1H3. The molecule has 1 atom stereocenters. The summed E-state index contributed by atoms with van der Waals surface area (Å²) in [4.78, 5) is 4.01.